The van der Waals surface area contributed by atoms with E-state index in [-0.39, 0.29) is 17.4 Å². The Morgan fingerprint density at radius 2 is 2.00 bits per heavy atom. The molecule has 0 unspecified atom stereocenters. The first-order valence-electron chi connectivity index (χ1n) is 9.56. The predicted molar refractivity (Wildman–Crippen MR) is 93.9 cm³/mol. The van der Waals surface area contributed by atoms with Gasteiger partial charge in [0.1, 0.15) is 6.04 Å². The molecule has 2 saturated heterocycles. The molecule has 25 heavy (non-hydrogen) atoms. The van der Waals surface area contributed by atoms with Crippen molar-refractivity contribution in [3.8, 4) is 0 Å². The minimum atomic E-state index is -0.251. The molecule has 0 radical (unpaired) electrons. The SMILES string of the molecule is Cc1cnn([C@H](C)C(=O)N2CCC3(CCC(=O)N(C4CC4)C3)CC2)c1. The van der Waals surface area contributed by atoms with Gasteiger partial charge in [-0.15, -0.1) is 0 Å². The Morgan fingerprint density at radius 1 is 1.28 bits per heavy atom. The van der Waals surface area contributed by atoms with Crippen molar-refractivity contribution >= 4 is 11.8 Å². The second-order valence-corrected chi connectivity index (χ2v) is 8.25. The van der Waals surface area contributed by atoms with Crippen molar-refractivity contribution in [3.05, 3.63) is 18.0 Å². The summed E-state index contributed by atoms with van der Waals surface area (Å²) in [6, 6.07) is 0.256. The van der Waals surface area contributed by atoms with Crippen molar-refractivity contribution in [1.29, 1.82) is 0 Å². The van der Waals surface area contributed by atoms with Gasteiger partial charge >= 0.3 is 0 Å². The van der Waals surface area contributed by atoms with E-state index in [1.54, 1.807) is 10.9 Å². The van der Waals surface area contributed by atoms with E-state index in [0.717, 1.165) is 44.5 Å². The fourth-order valence-corrected chi connectivity index (χ4v) is 4.40. The Balaban J connectivity index is 1.37. The molecule has 6 nitrogen and oxygen atoms in total. The Bertz CT molecular complexity index is 671. The lowest BCUT2D eigenvalue weighted by atomic mass is 9.72. The molecule has 4 rings (SSSR count). The molecular formula is C19H28N4O2. The fourth-order valence-electron chi connectivity index (χ4n) is 4.40. The number of carbonyl (C=O) groups is 2. The molecular weight excluding hydrogens is 316 g/mol. The smallest absolute Gasteiger partial charge is 0.247 e. The fraction of sp³-hybridized carbons (Fsp3) is 0.737. The summed E-state index contributed by atoms with van der Waals surface area (Å²) in [6.45, 7) is 6.42. The number of piperidine rings is 2. The second kappa shape index (κ2) is 6.15. The number of amides is 2. The number of nitrogens with zero attached hydrogens (tertiary/aromatic N) is 4. The van der Waals surface area contributed by atoms with Crippen LogP contribution in [0.5, 0.6) is 0 Å². The van der Waals surface area contributed by atoms with Crippen LogP contribution >= 0.6 is 0 Å². The third-order valence-corrected chi connectivity index (χ3v) is 6.30. The summed E-state index contributed by atoms with van der Waals surface area (Å²) in [5.41, 5.74) is 1.31. The zero-order valence-corrected chi connectivity index (χ0v) is 15.3. The predicted octanol–water partition coefficient (Wildman–Crippen LogP) is 2.15. The lowest BCUT2D eigenvalue weighted by Crippen LogP contribution is -2.53. The monoisotopic (exact) mass is 344 g/mol. The summed E-state index contributed by atoms with van der Waals surface area (Å²) in [4.78, 5) is 29.1. The quantitative estimate of drug-likeness (QED) is 0.844. The van der Waals surface area contributed by atoms with Gasteiger partial charge < -0.3 is 9.80 Å². The maximum atomic E-state index is 12.8. The van der Waals surface area contributed by atoms with E-state index in [1.807, 2.05) is 24.9 Å². The van der Waals surface area contributed by atoms with Gasteiger partial charge in [0.05, 0.1) is 6.20 Å². The molecule has 0 bridgehead atoms. The zero-order valence-electron chi connectivity index (χ0n) is 15.3. The number of rotatable bonds is 3. The normalized spacial score (nSPS) is 24.6. The summed E-state index contributed by atoms with van der Waals surface area (Å²) in [7, 11) is 0. The average Bonchev–Trinajstić information content (AvgIpc) is 3.37. The maximum Gasteiger partial charge on any atom is 0.247 e. The van der Waals surface area contributed by atoms with Crippen LogP contribution in [0.15, 0.2) is 12.4 Å². The van der Waals surface area contributed by atoms with E-state index < -0.39 is 0 Å². The lowest BCUT2D eigenvalue weighted by Gasteiger charge is -2.48. The molecule has 1 atom stereocenters. The molecule has 0 aromatic carbocycles. The Morgan fingerprint density at radius 3 is 2.60 bits per heavy atom. The number of likely N-dealkylation sites (tertiary alicyclic amines) is 2. The summed E-state index contributed by atoms with van der Waals surface area (Å²) in [5.74, 6) is 0.498. The molecule has 1 aromatic rings. The maximum absolute atomic E-state index is 12.8. The van der Waals surface area contributed by atoms with Crippen LogP contribution < -0.4 is 0 Å². The number of hydrogen-bond acceptors (Lipinski definition) is 3. The average molecular weight is 344 g/mol. The zero-order chi connectivity index (χ0) is 17.6. The Kier molecular flexibility index (Phi) is 4.08. The van der Waals surface area contributed by atoms with E-state index in [2.05, 4.69) is 10.00 Å². The van der Waals surface area contributed by atoms with Crippen molar-refractivity contribution in [2.24, 2.45) is 5.41 Å². The van der Waals surface area contributed by atoms with Crippen molar-refractivity contribution < 1.29 is 9.59 Å². The molecule has 1 aliphatic carbocycles. The Hall–Kier alpha value is -1.85. The first kappa shape index (κ1) is 16.6. The minimum Gasteiger partial charge on any atom is -0.341 e. The minimum absolute atomic E-state index is 0.156. The van der Waals surface area contributed by atoms with E-state index in [0.29, 0.717) is 18.4 Å². The van der Waals surface area contributed by atoms with Crippen molar-refractivity contribution in [3.63, 3.8) is 0 Å². The lowest BCUT2D eigenvalue weighted by molar-refractivity contribution is -0.144. The van der Waals surface area contributed by atoms with Crippen LogP contribution in [0.1, 0.15) is 57.1 Å². The highest BCUT2D eigenvalue weighted by molar-refractivity contribution is 5.80. The van der Waals surface area contributed by atoms with Gasteiger partial charge in [0.2, 0.25) is 11.8 Å². The van der Waals surface area contributed by atoms with Gasteiger partial charge in [-0.2, -0.15) is 5.10 Å². The van der Waals surface area contributed by atoms with Crippen LogP contribution in [0.25, 0.3) is 0 Å². The van der Waals surface area contributed by atoms with Crippen LogP contribution in [-0.2, 0) is 9.59 Å². The first-order valence-corrected chi connectivity index (χ1v) is 9.56. The number of hydrogen-bond donors (Lipinski definition) is 0. The van der Waals surface area contributed by atoms with Crippen LogP contribution in [0.2, 0.25) is 0 Å². The van der Waals surface area contributed by atoms with Gasteiger partial charge in [0.25, 0.3) is 0 Å². The highest BCUT2D eigenvalue weighted by Crippen LogP contribution is 2.43. The van der Waals surface area contributed by atoms with E-state index >= 15 is 0 Å². The molecule has 1 spiro atoms. The first-order chi connectivity index (χ1) is 12.0. The molecule has 1 aromatic heterocycles. The van der Waals surface area contributed by atoms with Crippen LogP contribution in [0.4, 0.5) is 0 Å². The third kappa shape index (κ3) is 3.18. The summed E-state index contributed by atoms with van der Waals surface area (Å²) >= 11 is 0. The summed E-state index contributed by atoms with van der Waals surface area (Å²) in [6.07, 6.45) is 9.77. The molecule has 3 aliphatic rings. The highest BCUT2D eigenvalue weighted by atomic mass is 16.2. The van der Waals surface area contributed by atoms with E-state index in [4.69, 9.17) is 0 Å². The van der Waals surface area contributed by atoms with Gasteiger partial charge in [0.15, 0.2) is 0 Å². The third-order valence-electron chi connectivity index (χ3n) is 6.30. The van der Waals surface area contributed by atoms with Crippen LogP contribution in [0.3, 0.4) is 0 Å². The molecule has 6 heteroatoms. The van der Waals surface area contributed by atoms with Gasteiger partial charge in [-0.05, 0) is 56.9 Å². The summed E-state index contributed by atoms with van der Waals surface area (Å²) in [5, 5.41) is 4.28. The van der Waals surface area contributed by atoms with E-state index in [9.17, 15) is 9.59 Å². The van der Waals surface area contributed by atoms with Crippen molar-refractivity contribution in [1.82, 2.24) is 19.6 Å². The number of aromatic nitrogens is 2. The van der Waals surface area contributed by atoms with Crippen molar-refractivity contribution in [2.75, 3.05) is 19.6 Å². The number of carbonyl (C=O) groups excluding carboxylic acids is 2. The summed E-state index contributed by atoms with van der Waals surface area (Å²) < 4.78 is 1.76. The molecule has 0 N–H and O–H groups in total. The van der Waals surface area contributed by atoms with Gasteiger partial charge in [-0.25, -0.2) is 0 Å². The molecule has 3 fully saturated rings. The second-order valence-electron chi connectivity index (χ2n) is 8.25. The van der Waals surface area contributed by atoms with Crippen LogP contribution in [0, 0.1) is 12.3 Å². The largest absolute Gasteiger partial charge is 0.341 e. The topological polar surface area (TPSA) is 58.4 Å². The molecule has 3 heterocycles. The molecule has 136 valence electrons. The van der Waals surface area contributed by atoms with Crippen molar-refractivity contribution in [2.45, 2.75) is 64.5 Å². The van der Waals surface area contributed by atoms with Gasteiger partial charge in [0, 0.05) is 38.3 Å². The number of aryl methyl sites for hydroxylation is 1. The van der Waals surface area contributed by atoms with Gasteiger partial charge in [-0.1, -0.05) is 0 Å². The molecule has 2 aliphatic heterocycles. The Labute approximate surface area is 149 Å². The van der Waals surface area contributed by atoms with Crippen LogP contribution in [-0.4, -0.2) is 57.1 Å². The highest BCUT2D eigenvalue weighted by Gasteiger charge is 2.45. The molecule has 1 saturated carbocycles. The van der Waals surface area contributed by atoms with E-state index in [1.165, 1.54) is 12.8 Å². The van der Waals surface area contributed by atoms with Gasteiger partial charge in [-0.3, -0.25) is 14.3 Å². The standard InChI is InChI=1S/C19H28N4O2/c1-14-11-20-23(12-14)15(2)18(25)21-9-7-19(8-10-21)6-5-17(24)22(13-19)16-3-4-16/h11-12,15-16H,3-10,13H2,1-2H3/t15-/m1/s1. The molecule has 2 amide bonds.